The summed E-state index contributed by atoms with van der Waals surface area (Å²) < 4.78 is 8.06. The SMILES string of the molecule is OC/C(c1ccccc1)=c1\cc/c(=C(\c2ccccc2)n2nnc3ccccc32)o1. The van der Waals surface area contributed by atoms with E-state index in [0.29, 0.717) is 10.8 Å². The van der Waals surface area contributed by atoms with Crippen molar-refractivity contribution in [3.63, 3.8) is 0 Å². The van der Waals surface area contributed by atoms with E-state index in [-0.39, 0.29) is 6.61 Å². The first-order valence-corrected chi connectivity index (χ1v) is 9.71. The summed E-state index contributed by atoms with van der Waals surface area (Å²) >= 11 is 0. The largest absolute Gasteiger partial charge is 0.455 e. The second-order valence-corrected chi connectivity index (χ2v) is 6.87. The first-order valence-electron chi connectivity index (χ1n) is 9.71. The molecule has 0 spiro atoms. The van der Waals surface area contributed by atoms with Crippen molar-refractivity contribution < 1.29 is 9.52 Å². The minimum Gasteiger partial charge on any atom is -0.455 e. The van der Waals surface area contributed by atoms with Crippen LogP contribution in [0, 0.1) is 0 Å². The minimum atomic E-state index is -0.121. The molecule has 2 aromatic heterocycles. The topological polar surface area (TPSA) is 64.1 Å². The second-order valence-electron chi connectivity index (χ2n) is 6.87. The zero-order valence-electron chi connectivity index (χ0n) is 16.1. The Morgan fingerprint density at radius 1 is 0.733 bits per heavy atom. The number of hydrogen-bond donors (Lipinski definition) is 1. The average molecular weight is 393 g/mol. The van der Waals surface area contributed by atoms with Gasteiger partial charge in [-0.25, -0.2) is 4.68 Å². The van der Waals surface area contributed by atoms with Gasteiger partial charge in [-0.15, -0.1) is 5.10 Å². The molecule has 3 aromatic carbocycles. The summed E-state index contributed by atoms with van der Waals surface area (Å²) in [4.78, 5) is 0. The van der Waals surface area contributed by atoms with Crippen LogP contribution in [0.4, 0.5) is 0 Å². The molecule has 0 saturated carbocycles. The highest BCUT2D eigenvalue weighted by Gasteiger charge is 2.14. The lowest BCUT2D eigenvalue weighted by atomic mass is 10.1. The number of furan rings is 1. The van der Waals surface area contributed by atoms with Gasteiger partial charge >= 0.3 is 0 Å². The smallest absolute Gasteiger partial charge is 0.153 e. The van der Waals surface area contributed by atoms with Gasteiger partial charge in [0.05, 0.1) is 12.1 Å². The molecule has 0 amide bonds. The molecule has 1 N–H and O–H groups in total. The third kappa shape index (κ3) is 3.21. The summed E-state index contributed by atoms with van der Waals surface area (Å²) in [7, 11) is 0. The van der Waals surface area contributed by atoms with Crippen molar-refractivity contribution >= 4 is 22.3 Å². The van der Waals surface area contributed by atoms with E-state index in [9.17, 15) is 5.11 Å². The summed E-state index contributed by atoms with van der Waals surface area (Å²) in [5.74, 6) is 0. The normalized spacial score (nSPS) is 13.4. The summed E-state index contributed by atoms with van der Waals surface area (Å²) in [6, 6.07) is 31.3. The van der Waals surface area contributed by atoms with Crippen molar-refractivity contribution in [3.8, 4) is 0 Å². The van der Waals surface area contributed by atoms with Gasteiger partial charge in [0, 0.05) is 11.1 Å². The summed E-state index contributed by atoms with van der Waals surface area (Å²) in [5.41, 5.74) is 6.38. The van der Waals surface area contributed by atoms with Crippen LogP contribution in [-0.2, 0) is 0 Å². The average Bonchev–Trinajstić information content (AvgIpc) is 3.45. The van der Waals surface area contributed by atoms with Crippen LogP contribution in [0.3, 0.4) is 0 Å². The molecule has 30 heavy (non-hydrogen) atoms. The van der Waals surface area contributed by atoms with Crippen molar-refractivity contribution in [2.24, 2.45) is 0 Å². The molecule has 0 radical (unpaired) electrons. The number of aliphatic hydroxyl groups is 1. The number of fused-ring (bicyclic) bond motifs is 1. The van der Waals surface area contributed by atoms with E-state index in [1.807, 2.05) is 97.1 Å². The Labute approximate surface area is 172 Å². The highest BCUT2D eigenvalue weighted by molar-refractivity contribution is 5.80. The summed E-state index contributed by atoms with van der Waals surface area (Å²) in [5, 5.41) is 18.7. The third-order valence-electron chi connectivity index (χ3n) is 5.03. The van der Waals surface area contributed by atoms with Crippen LogP contribution >= 0.6 is 0 Å². The molecule has 5 heteroatoms. The van der Waals surface area contributed by atoms with Gasteiger partial charge in [-0.1, -0.05) is 78.0 Å². The van der Waals surface area contributed by atoms with Crippen LogP contribution < -0.4 is 10.8 Å². The van der Waals surface area contributed by atoms with Crippen molar-refractivity contribution in [2.45, 2.75) is 0 Å². The van der Waals surface area contributed by atoms with Crippen LogP contribution in [0.2, 0.25) is 0 Å². The van der Waals surface area contributed by atoms with Crippen molar-refractivity contribution in [3.05, 3.63) is 119 Å². The predicted molar refractivity (Wildman–Crippen MR) is 116 cm³/mol. The summed E-state index contributed by atoms with van der Waals surface area (Å²) in [6.45, 7) is -0.121. The Bertz CT molecular complexity index is 1420. The number of benzene rings is 3. The highest BCUT2D eigenvalue weighted by Crippen LogP contribution is 2.19. The van der Waals surface area contributed by atoms with E-state index in [4.69, 9.17) is 4.42 Å². The number of aliphatic hydroxyl groups excluding tert-OH is 1. The van der Waals surface area contributed by atoms with E-state index in [0.717, 1.165) is 33.4 Å². The van der Waals surface area contributed by atoms with E-state index < -0.39 is 0 Å². The lowest BCUT2D eigenvalue weighted by molar-refractivity contribution is 0.346. The fourth-order valence-corrected chi connectivity index (χ4v) is 3.58. The Morgan fingerprint density at radius 3 is 2.10 bits per heavy atom. The van der Waals surface area contributed by atoms with E-state index in [1.165, 1.54) is 0 Å². The van der Waals surface area contributed by atoms with E-state index in [1.54, 1.807) is 4.68 Å². The molecule has 5 rings (SSSR count). The van der Waals surface area contributed by atoms with Gasteiger partial charge in [0.15, 0.2) is 5.42 Å². The molecule has 0 saturated heterocycles. The Morgan fingerprint density at radius 2 is 1.37 bits per heavy atom. The lowest BCUT2D eigenvalue weighted by Crippen LogP contribution is -2.15. The van der Waals surface area contributed by atoms with Gasteiger partial charge in [-0.2, -0.15) is 0 Å². The Kier molecular flexibility index (Phi) is 4.71. The van der Waals surface area contributed by atoms with Gasteiger partial charge in [-0.3, -0.25) is 0 Å². The maximum atomic E-state index is 9.99. The fourth-order valence-electron chi connectivity index (χ4n) is 3.58. The van der Waals surface area contributed by atoms with Gasteiger partial charge < -0.3 is 9.52 Å². The van der Waals surface area contributed by atoms with Gasteiger partial charge in [0.25, 0.3) is 0 Å². The maximum absolute atomic E-state index is 9.99. The van der Waals surface area contributed by atoms with Gasteiger partial charge in [0.1, 0.15) is 16.6 Å². The van der Waals surface area contributed by atoms with Gasteiger partial charge in [-0.05, 0) is 29.8 Å². The molecule has 0 unspecified atom stereocenters. The number of aromatic nitrogens is 3. The predicted octanol–water partition coefficient (Wildman–Crippen LogP) is 2.92. The monoisotopic (exact) mass is 393 g/mol. The second kappa shape index (κ2) is 7.81. The van der Waals surface area contributed by atoms with Crippen LogP contribution in [-0.4, -0.2) is 26.7 Å². The molecule has 0 aliphatic rings. The molecule has 146 valence electrons. The Balaban J connectivity index is 1.82. The molecule has 0 aliphatic carbocycles. The number of hydrogen-bond acceptors (Lipinski definition) is 4. The fraction of sp³-hybridized carbons (Fsp3) is 0.0400. The summed E-state index contributed by atoms with van der Waals surface area (Å²) in [6.07, 6.45) is 0. The van der Waals surface area contributed by atoms with Crippen LogP contribution in [0.15, 0.2) is 101 Å². The molecule has 5 nitrogen and oxygen atoms in total. The highest BCUT2D eigenvalue weighted by atomic mass is 16.3. The third-order valence-corrected chi connectivity index (χ3v) is 5.03. The van der Waals surface area contributed by atoms with Crippen molar-refractivity contribution in [1.82, 2.24) is 15.0 Å². The van der Waals surface area contributed by atoms with Crippen molar-refractivity contribution in [2.75, 3.05) is 6.61 Å². The number of para-hydroxylation sites is 1. The van der Waals surface area contributed by atoms with Crippen LogP contribution in [0.5, 0.6) is 0 Å². The first-order chi connectivity index (χ1) is 14.8. The number of nitrogens with zero attached hydrogens (tertiary/aromatic N) is 3. The molecule has 0 fully saturated rings. The molecular formula is C25H19N3O2. The van der Waals surface area contributed by atoms with Crippen LogP contribution in [0.1, 0.15) is 11.1 Å². The molecular weight excluding hydrogens is 374 g/mol. The standard InChI is InChI=1S/C25H19N3O2/c29-17-20(18-9-3-1-4-10-18)23-15-16-24(30-23)25(19-11-5-2-6-12-19)28-22-14-8-7-13-21(22)26-27-28/h1-16,29H,17H2/b23-20-,25-24-. The quantitative estimate of drug-likeness (QED) is 0.510. The van der Waals surface area contributed by atoms with Crippen molar-refractivity contribution in [1.29, 1.82) is 0 Å². The molecule has 0 aliphatic heterocycles. The first kappa shape index (κ1) is 18.1. The lowest BCUT2D eigenvalue weighted by Gasteiger charge is -2.07. The molecule has 0 bridgehead atoms. The molecule has 0 atom stereocenters. The zero-order valence-corrected chi connectivity index (χ0v) is 16.1. The van der Waals surface area contributed by atoms with Gasteiger partial charge in [0.2, 0.25) is 0 Å². The molecule has 5 aromatic rings. The molecule has 2 heterocycles. The van der Waals surface area contributed by atoms with Crippen LogP contribution in [0.25, 0.3) is 22.3 Å². The van der Waals surface area contributed by atoms with E-state index >= 15 is 0 Å². The minimum absolute atomic E-state index is 0.121. The Hall–Kier alpha value is -3.96. The van der Waals surface area contributed by atoms with E-state index in [2.05, 4.69) is 10.3 Å². The zero-order chi connectivity index (χ0) is 20.3. The number of rotatable bonds is 4. The maximum Gasteiger partial charge on any atom is 0.153 e.